The number of nitrogens with two attached hydrogens (primary N) is 2. The maximum absolute atomic E-state index is 14.4. The van der Waals surface area contributed by atoms with Gasteiger partial charge in [-0.25, -0.2) is 0 Å². The summed E-state index contributed by atoms with van der Waals surface area (Å²) in [5.74, 6) is -10.7. The van der Waals surface area contributed by atoms with E-state index >= 15 is 0 Å². The molecule has 0 saturated carbocycles. The van der Waals surface area contributed by atoms with Gasteiger partial charge in [-0.3, -0.25) is 43.2 Å². The molecule has 0 bridgehead atoms. The molecule has 1 aromatic rings. The molecule has 48 heteroatoms. The van der Waals surface area contributed by atoms with Crippen molar-refractivity contribution in [3.8, 4) is 5.75 Å². The van der Waals surface area contributed by atoms with Gasteiger partial charge in [-0.2, -0.15) is 0 Å². The zero-order valence-corrected chi connectivity index (χ0v) is 65.0. The molecule has 9 amide bonds. The minimum atomic E-state index is -1.94. The van der Waals surface area contributed by atoms with Gasteiger partial charge in [0, 0.05) is 13.0 Å². The highest BCUT2D eigenvalue weighted by Gasteiger charge is 2.57. The number of aromatic hydroxyl groups is 1. The first-order valence-electron chi connectivity index (χ1n) is 38.1. The van der Waals surface area contributed by atoms with E-state index in [-0.39, 0.29) is 25.1 Å². The normalized spacial score (nSPS) is 34.2. The molecule has 8 rings (SSSR count). The number of ether oxygens (including phenoxy) is 12. The monoisotopic (exact) mass is 1700 g/mol. The van der Waals surface area contributed by atoms with Crippen molar-refractivity contribution < 1.29 is 187 Å². The van der Waals surface area contributed by atoms with E-state index in [2.05, 4.69) is 37.1 Å². The van der Waals surface area contributed by atoms with Gasteiger partial charge in [0.15, 0.2) is 37.7 Å². The molecule has 33 atom stereocenters. The van der Waals surface area contributed by atoms with Gasteiger partial charge in [-0.15, -0.1) is 0 Å². The van der Waals surface area contributed by atoms with Crippen LogP contribution in [0.3, 0.4) is 0 Å². The number of phenolic OH excluding ortho intramolecular Hbond substituents is 1. The molecule has 7 fully saturated rings. The van der Waals surface area contributed by atoms with Crippen LogP contribution in [0.15, 0.2) is 29.4 Å². The average molecular weight is 1700 g/mol. The molecule has 0 unspecified atom stereocenters. The number of primary amides is 2. The molecule has 7 heterocycles. The predicted molar refractivity (Wildman–Crippen MR) is 385 cm³/mol. The summed E-state index contributed by atoms with van der Waals surface area (Å²) in [6.45, 7) is 2.87. The molecule has 48 nitrogen and oxygen atoms in total. The van der Waals surface area contributed by atoms with Gasteiger partial charge >= 0.3 is 0 Å². The third kappa shape index (κ3) is 24.3. The quantitative estimate of drug-likeness (QED) is 0.0164. The van der Waals surface area contributed by atoms with Crippen LogP contribution in [0.4, 0.5) is 0 Å². The number of hydrogen-bond donors (Lipinski definition) is 24. The molecule has 668 valence electrons. The van der Waals surface area contributed by atoms with E-state index in [1.807, 2.05) is 0 Å². The predicted octanol–water partition coefficient (Wildman–Crippen LogP) is -14.0. The topological polar surface area (TPSA) is 737 Å². The van der Waals surface area contributed by atoms with Crippen LogP contribution < -0.4 is 43.4 Å². The van der Waals surface area contributed by atoms with Crippen LogP contribution >= 0.6 is 0 Å². The SMILES string of the molecule is CC(C)[C@H](NC(=O)[C@H](Cc1ccc(O)cc1)NC(=O)[C@@H](NC(=O)[C@@H](NC(=O)C=NOCCO[C@H]1O[C@H](CO[C@H]2O[C@H](CO[C@H]3O[C@H](CO)[C@@H](O)[C@@H]3O[C@@H]3O[C@H](CO)[C@@H](O)[C@@H]3O)[C@@H](O[C@H]3O[C@H](CO)[C@@H](O)[C@@H]3O[C@@H]3O[C@H](CO)[C@@H](O)[C@@H]3O)[C@@H]2O)[C@@H](O)[C@@H]1O)[C@@H](C)O)[C@@H](C)O)C(=O)N[C@H](C(=O)N[C@@H](CC(N)=O)C(=O)N1CCC[C@H]1C(N)=O)C(C)C. The van der Waals surface area contributed by atoms with E-state index in [1.54, 1.807) is 27.7 Å². The Bertz CT molecular complexity index is 3510. The number of amides is 9. The van der Waals surface area contributed by atoms with E-state index in [1.165, 1.54) is 24.3 Å². The summed E-state index contributed by atoms with van der Waals surface area (Å²) < 4.78 is 69.0. The molecule has 7 aliphatic rings. The lowest BCUT2D eigenvalue weighted by molar-refractivity contribution is -0.270. The van der Waals surface area contributed by atoms with Crippen molar-refractivity contribution in [2.75, 3.05) is 59.4 Å². The fourth-order valence-electron chi connectivity index (χ4n) is 13.9. The molecular weight excluding hydrogens is 1590 g/mol. The summed E-state index contributed by atoms with van der Waals surface area (Å²) in [4.78, 5) is 128. The Balaban J connectivity index is 0.847. The van der Waals surface area contributed by atoms with E-state index in [4.69, 9.17) is 73.1 Å². The number of rotatable bonds is 43. The van der Waals surface area contributed by atoms with Crippen molar-refractivity contribution in [1.29, 1.82) is 0 Å². The Morgan fingerprint density at radius 3 is 1.44 bits per heavy atom. The fourth-order valence-corrected chi connectivity index (χ4v) is 13.9. The fraction of sp³-hybridized carbons (Fsp3) is 0.771. The number of carbonyl (C=O) groups excluding carboxylic acids is 9. The average Bonchev–Trinajstić information content (AvgIpc) is 1.63. The molecule has 0 aromatic heterocycles. The molecule has 26 N–H and O–H groups in total. The summed E-state index contributed by atoms with van der Waals surface area (Å²) in [6, 6.07) is -5.56. The van der Waals surface area contributed by atoms with Gasteiger partial charge in [-0.1, -0.05) is 45.0 Å². The minimum absolute atomic E-state index is 0.0940. The lowest BCUT2D eigenvalue weighted by atomic mass is 9.98. The molecule has 0 spiro atoms. The number of benzene rings is 1. The molecule has 7 saturated heterocycles. The van der Waals surface area contributed by atoms with Crippen LogP contribution in [0, 0.1) is 11.8 Å². The third-order valence-electron chi connectivity index (χ3n) is 20.5. The lowest BCUT2D eigenvalue weighted by Gasteiger charge is -2.31. The largest absolute Gasteiger partial charge is 0.508 e. The lowest BCUT2D eigenvalue weighted by Crippen LogP contribution is -2.63. The summed E-state index contributed by atoms with van der Waals surface area (Å²) >= 11 is 0. The Kier molecular flexibility index (Phi) is 35.8. The van der Waals surface area contributed by atoms with Crippen molar-refractivity contribution in [2.24, 2.45) is 28.5 Å². The van der Waals surface area contributed by atoms with Crippen molar-refractivity contribution in [1.82, 2.24) is 36.8 Å². The number of phenols is 1. The zero-order chi connectivity index (χ0) is 87.0. The second-order valence-electron chi connectivity index (χ2n) is 30.0. The van der Waals surface area contributed by atoms with E-state index in [0.717, 1.165) is 18.7 Å². The van der Waals surface area contributed by atoms with E-state index in [0.29, 0.717) is 18.2 Å². The van der Waals surface area contributed by atoms with Crippen LogP contribution in [-0.2, 0) is 111 Å². The van der Waals surface area contributed by atoms with E-state index < -0.39 is 326 Å². The number of carbonyl (C=O) groups is 9. The van der Waals surface area contributed by atoms with Crippen LogP contribution in [0.2, 0.25) is 0 Å². The first-order chi connectivity index (χ1) is 55.8. The van der Waals surface area contributed by atoms with Gasteiger partial charge in [0.1, 0.15) is 171 Å². The maximum Gasteiger partial charge on any atom is 0.266 e. The summed E-state index contributed by atoms with van der Waals surface area (Å²) in [6.07, 6.45) is -42.9. The second kappa shape index (κ2) is 43.9. The summed E-state index contributed by atoms with van der Waals surface area (Å²) in [5, 5.41) is 187. The third-order valence-corrected chi connectivity index (χ3v) is 20.5. The van der Waals surface area contributed by atoms with E-state index in [9.17, 15) is 125 Å². The molecule has 0 radical (unpaired) electrons. The second-order valence-corrected chi connectivity index (χ2v) is 30.0. The van der Waals surface area contributed by atoms with Gasteiger partial charge in [0.25, 0.3) is 5.91 Å². The van der Waals surface area contributed by atoms with Crippen molar-refractivity contribution in [3.63, 3.8) is 0 Å². The van der Waals surface area contributed by atoms with Gasteiger partial charge < -0.3 is 192 Å². The zero-order valence-electron chi connectivity index (χ0n) is 65.0. The Hall–Kier alpha value is -7.36. The maximum atomic E-state index is 14.4. The Morgan fingerprint density at radius 2 is 0.907 bits per heavy atom. The Morgan fingerprint density at radius 1 is 0.483 bits per heavy atom. The summed E-state index contributed by atoms with van der Waals surface area (Å²) in [5.41, 5.74) is 11.3. The number of nitrogens with zero attached hydrogens (tertiary/aromatic N) is 2. The first-order valence-corrected chi connectivity index (χ1v) is 38.1. The standard InChI is InChI=1S/C70H110N10O38/c1-25(2)42(60(101)75-32(17-40(71)88)64(105)80-13-7-8-33(80)58(72)99)78-61(102)43(26(3)4)77-59(100)31(16-29-9-11-30(87)12-10-29)74-62(103)45(28(6)86)79-63(104)44(27(5)85)76-41(89)18-73-109-15-14-106-65-51(95)48(92)38(114-65)23-107-66-54(98)55(116-70-57(50(94)37(22-84)113-70)118-68-53(97)47(91)35(20-82)111-68)39(115-66)24-108-69-56(49(93)36(21-83)112-69)117-67-52(96)46(90)34(19-81)110-67/h9-12,18,25-28,31-39,42-57,65-70,81-87,90-98H,7-8,13-17,19-24H2,1-6H3,(H2,71,88)(H2,72,99)(H,74,103)(H,75,101)(H,76,89)(H,77,100)(H,78,102)(H,79,104)/t27-,28-,31+,32+,33+,34-,35-,36-,37-,38-,39-,42+,43+,44+,45+,46-,47-,48-,49-,50-,51+,52+,53+,54+,55-,56+,57+,65+,66+,67+,68+,69+,70-/m1/s1. The number of nitrogens with one attached hydrogen (secondary N) is 6. The number of likely N-dealkylation sites (tertiary alicyclic amines) is 1. The number of oxime groups is 1. The molecule has 118 heavy (non-hydrogen) atoms. The Labute approximate surface area is 673 Å². The molecule has 7 aliphatic heterocycles. The highest BCUT2D eigenvalue weighted by molar-refractivity contribution is 6.26. The van der Waals surface area contributed by atoms with Crippen molar-refractivity contribution in [3.05, 3.63) is 29.8 Å². The number of hydrogen-bond acceptors (Lipinski definition) is 39. The van der Waals surface area contributed by atoms with Crippen LogP contribution in [0.5, 0.6) is 5.75 Å². The van der Waals surface area contributed by atoms with Crippen LogP contribution in [0.1, 0.15) is 66.4 Å². The van der Waals surface area contributed by atoms with Crippen LogP contribution in [0.25, 0.3) is 0 Å². The first kappa shape index (κ1) is 96.1. The van der Waals surface area contributed by atoms with Crippen molar-refractivity contribution in [2.45, 2.75) is 269 Å². The highest BCUT2D eigenvalue weighted by atomic mass is 16.8. The van der Waals surface area contributed by atoms with Crippen molar-refractivity contribution >= 4 is 59.4 Å². The summed E-state index contributed by atoms with van der Waals surface area (Å²) in [7, 11) is 0. The molecule has 1 aromatic carbocycles. The molecule has 0 aliphatic carbocycles. The number of aliphatic hydroxyl groups is 15. The van der Waals surface area contributed by atoms with Gasteiger partial charge in [0.2, 0.25) is 47.3 Å². The number of aliphatic hydroxyl groups excluding tert-OH is 15. The minimum Gasteiger partial charge on any atom is -0.508 e. The van der Waals surface area contributed by atoms with Gasteiger partial charge in [-0.05, 0) is 56.2 Å². The van der Waals surface area contributed by atoms with Gasteiger partial charge in [0.05, 0.1) is 64.9 Å². The van der Waals surface area contributed by atoms with Crippen LogP contribution in [-0.4, -0.2) is 407 Å². The smallest absolute Gasteiger partial charge is 0.266 e. The highest BCUT2D eigenvalue weighted by Crippen LogP contribution is 2.37. The molecular formula is C70H110N10O38.